The summed E-state index contributed by atoms with van der Waals surface area (Å²) in [5, 5.41) is 0. The van der Waals surface area contributed by atoms with E-state index in [1.54, 1.807) is 0 Å². The lowest BCUT2D eigenvalue weighted by Gasteiger charge is -2.10. The van der Waals surface area contributed by atoms with E-state index in [1.165, 1.54) is 13.8 Å². The Labute approximate surface area is 77.3 Å². The van der Waals surface area contributed by atoms with Gasteiger partial charge in [0.15, 0.2) is 11.6 Å². The number of rotatable bonds is 5. The predicted octanol–water partition coefficient (Wildman–Crippen LogP) is 0.876. The van der Waals surface area contributed by atoms with Gasteiger partial charge in [0.05, 0.1) is 0 Å². The number of hydrogen-bond donors (Lipinski definition) is 0. The molecule has 0 heterocycles. The molecule has 0 saturated carbocycles. The highest BCUT2D eigenvalue weighted by Gasteiger charge is 2.23. The maximum Gasteiger partial charge on any atom is 0.306 e. The van der Waals surface area contributed by atoms with Gasteiger partial charge in [-0.3, -0.25) is 14.4 Å². The monoisotopic (exact) mass is 186 g/mol. The number of Topliss-reactive ketones (excluding diaryl/α,β-unsaturated/α-hetero) is 2. The van der Waals surface area contributed by atoms with Crippen LogP contribution in [0.25, 0.3) is 0 Å². The molecule has 0 spiro atoms. The first-order chi connectivity index (χ1) is 5.99. The lowest BCUT2D eigenvalue weighted by Crippen LogP contribution is -2.31. The summed E-state index contributed by atoms with van der Waals surface area (Å²) in [7, 11) is 0. The summed E-state index contributed by atoms with van der Waals surface area (Å²) in [5.41, 5.74) is 0. The SMILES string of the molecule is CCCC(=O)OC(C(C)=O)C(C)=O. The Morgan fingerprint density at radius 2 is 1.62 bits per heavy atom. The summed E-state index contributed by atoms with van der Waals surface area (Å²) in [5.74, 6) is -1.37. The van der Waals surface area contributed by atoms with Crippen LogP contribution >= 0.6 is 0 Å². The summed E-state index contributed by atoms with van der Waals surface area (Å²) in [6, 6.07) is 0. The molecule has 4 heteroatoms. The summed E-state index contributed by atoms with van der Waals surface area (Å²) >= 11 is 0. The van der Waals surface area contributed by atoms with Crippen LogP contribution in [0.15, 0.2) is 0 Å². The highest BCUT2D eigenvalue weighted by Crippen LogP contribution is 2.00. The highest BCUT2D eigenvalue weighted by atomic mass is 16.5. The predicted molar refractivity (Wildman–Crippen MR) is 46.2 cm³/mol. The molecule has 0 aliphatic rings. The zero-order chi connectivity index (χ0) is 10.4. The molecule has 0 fully saturated rings. The smallest absolute Gasteiger partial charge is 0.306 e. The van der Waals surface area contributed by atoms with Crippen molar-refractivity contribution < 1.29 is 19.1 Å². The van der Waals surface area contributed by atoms with Crippen molar-refractivity contribution in [2.24, 2.45) is 0 Å². The van der Waals surface area contributed by atoms with E-state index >= 15 is 0 Å². The number of hydrogen-bond acceptors (Lipinski definition) is 4. The van der Waals surface area contributed by atoms with E-state index in [-0.39, 0.29) is 6.42 Å². The van der Waals surface area contributed by atoms with Gasteiger partial charge in [-0.1, -0.05) is 6.92 Å². The Balaban J connectivity index is 4.19. The fourth-order valence-electron chi connectivity index (χ4n) is 0.847. The lowest BCUT2D eigenvalue weighted by molar-refractivity contribution is -0.159. The molecule has 0 unspecified atom stereocenters. The first-order valence-electron chi connectivity index (χ1n) is 4.19. The maximum absolute atomic E-state index is 10.9. The second-order valence-electron chi connectivity index (χ2n) is 2.84. The third kappa shape index (κ3) is 4.40. The summed E-state index contributed by atoms with van der Waals surface area (Å²) < 4.78 is 4.68. The van der Waals surface area contributed by atoms with Crippen molar-refractivity contribution in [3.63, 3.8) is 0 Å². The number of carbonyl (C=O) groups is 3. The van der Waals surface area contributed by atoms with E-state index in [4.69, 9.17) is 0 Å². The molecule has 0 amide bonds. The van der Waals surface area contributed by atoms with E-state index < -0.39 is 23.6 Å². The van der Waals surface area contributed by atoms with Gasteiger partial charge in [0.25, 0.3) is 0 Å². The Morgan fingerprint density at radius 3 is 1.92 bits per heavy atom. The van der Waals surface area contributed by atoms with E-state index in [0.717, 1.165) is 0 Å². The third-order valence-corrected chi connectivity index (χ3v) is 1.44. The van der Waals surface area contributed by atoms with Crippen LogP contribution in [-0.4, -0.2) is 23.6 Å². The molecule has 4 nitrogen and oxygen atoms in total. The minimum absolute atomic E-state index is 0.233. The standard InChI is InChI=1S/C9H14O4/c1-4-5-8(12)13-9(6(2)10)7(3)11/h9H,4-5H2,1-3H3. The van der Waals surface area contributed by atoms with Crippen LogP contribution in [0, 0.1) is 0 Å². The Morgan fingerprint density at radius 1 is 1.15 bits per heavy atom. The van der Waals surface area contributed by atoms with Gasteiger partial charge in [0.1, 0.15) is 0 Å². The molecular formula is C9H14O4. The second kappa shape index (κ2) is 5.45. The topological polar surface area (TPSA) is 60.4 Å². The first-order valence-corrected chi connectivity index (χ1v) is 4.19. The van der Waals surface area contributed by atoms with E-state index in [0.29, 0.717) is 6.42 Å². The second-order valence-corrected chi connectivity index (χ2v) is 2.84. The molecule has 13 heavy (non-hydrogen) atoms. The quantitative estimate of drug-likeness (QED) is 0.472. The minimum Gasteiger partial charge on any atom is -0.446 e. The minimum atomic E-state index is -1.21. The van der Waals surface area contributed by atoms with Crippen LogP contribution in [0.1, 0.15) is 33.6 Å². The van der Waals surface area contributed by atoms with E-state index in [1.807, 2.05) is 6.92 Å². The average molecular weight is 186 g/mol. The van der Waals surface area contributed by atoms with E-state index in [2.05, 4.69) is 4.74 Å². The molecule has 0 radical (unpaired) electrons. The van der Waals surface area contributed by atoms with Crippen LogP contribution in [0.3, 0.4) is 0 Å². The molecule has 0 bridgehead atoms. The lowest BCUT2D eigenvalue weighted by atomic mass is 10.2. The van der Waals surface area contributed by atoms with Gasteiger partial charge in [0, 0.05) is 6.42 Å². The zero-order valence-corrected chi connectivity index (χ0v) is 8.12. The molecule has 0 aromatic carbocycles. The molecule has 0 saturated heterocycles. The molecule has 0 aromatic heterocycles. The molecule has 0 rings (SSSR count). The van der Waals surface area contributed by atoms with Crippen molar-refractivity contribution >= 4 is 17.5 Å². The molecule has 0 N–H and O–H groups in total. The third-order valence-electron chi connectivity index (χ3n) is 1.44. The fraction of sp³-hybridized carbons (Fsp3) is 0.667. The molecule has 74 valence electrons. The van der Waals surface area contributed by atoms with Crippen molar-refractivity contribution in [2.45, 2.75) is 39.7 Å². The van der Waals surface area contributed by atoms with Crippen molar-refractivity contribution in [1.82, 2.24) is 0 Å². The summed E-state index contributed by atoms with van der Waals surface area (Å²) in [6.07, 6.45) is -0.336. The number of ether oxygens (including phenoxy) is 1. The average Bonchev–Trinajstić information content (AvgIpc) is 1.99. The van der Waals surface area contributed by atoms with Crippen LogP contribution < -0.4 is 0 Å². The Bertz CT molecular complexity index is 206. The molecule has 0 aliphatic carbocycles. The largest absolute Gasteiger partial charge is 0.446 e. The molecule has 0 atom stereocenters. The van der Waals surface area contributed by atoms with E-state index in [9.17, 15) is 14.4 Å². The summed E-state index contributed by atoms with van der Waals surface area (Å²) in [6.45, 7) is 4.27. The van der Waals surface area contributed by atoms with Gasteiger partial charge in [-0.2, -0.15) is 0 Å². The number of ketones is 2. The summed E-state index contributed by atoms with van der Waals surface area (Å²) in [4.78, 5) is 32.6. The number of carbonyl (C=O) groups excluding carboxylic acids is 3. The highest BCUT2D eigenvalue weighted by molar-refractivity contribution is 6.04. The Kier molecular flexibility index (Phi) is 4.96. The van der Waals surface area contributed by atoms with Crippen molar-refractivity contribution in [2.75, 3.05) is 0 Å². The van der Waals surface area contributed by atoms with Gasteiger partial charge in [-0.25, -0.2) is 0 Å². The normalized spacial score (nSPS) is 9.85. The van der Waals surface area contributed by atoms with Crippen molar-refractivity contribution in [3.8, 4) is 0 Å². The number of esters is 1. The maximum atomic E-state index is 10.9. The molecular weight excluding hydrogens is 172 g/mol. The van der Waals surface area contributed by atoms with Crippen LogP contribution in [0.5, 0.6) is 0 Å². The van der Waals surface area contributed by atoms with Crippen LogP contribution in [0.4, 0.5) is 0 Å². The van der Waals surface area contributed by atoms with Crippen molar-refractivity contribution in [3.05, 3.63) is 0 Å². The van der Waals surface area contributed by atoms with Gasteiger partial charge >= 0.3 is 5.97 Å². The fourth-order valence-corrected chi connectivity index (χ4v) is 0.847. The van der Waals surface area contributed by atoms with Crippen LogP contribution in [0.2, 0.25) is 0 Å². The van der Waals surface area contributed by atoms with Crippen LogP contribution in [-0.2, 0) is 19.1 Å². The van der Waals surface area contributed by atoms with Gasteiger partial charge in [-0.15, -0.1) is 0 Å². The van der Waals surface area contributed by atoms with Crippen molar-refractivity contribution in [1.29, 1.82) is 0 Å². The van der Waals surface area contributed by atoms with Gasteiger partial charge in [-0.05, 0) is 20.3 Å². The van der Waals surface area contributed by atoms with Gasteiger partial charge < -0.3 is 4.74 Å². The first kappa shape index (κ1) is 11.8. The molecule has 0 aliphatic heterocycles. The zero-order valence-electron chi connectivity index (χ0n) is 8.12. The van der Waals surface area contributed by atoms with Gasteiger partial charge in [0.2, 0.25) is 6.10 Å². The molecule has 0 aromatic rings. The Hall–Kier alpha value is -1.19.